The van der Waals surface area contributed by atoms with Crippen molar-refractivity contribution in [2.75, 3.05) is 7.11 Å². The summed E-state index contributed by atoms with van der Waals surface area (Å²) < 4.78 is 5.66. The lowest BCUT2D eigenvalue weighted by atomic mass is 9.82. The molecule has 0 N–H and O–H groups in total. The molecular formula is C14H19O. The van der Waals surface area contributed by atoms with E-state index < -0.39 is 0 Å². The van der Waals surface area contributed by atoms with Gasteiger partial charge in [0.1, 0.15) is 0 Å². The Bertz CT molecular complexity index is 275. The Hall–Kier alpha value is -0.820. The molecule has 1 radical (unpaired) electrons. The van der Waals surface area contributed by atoms with Crippen molar-refractivity contribution in [1.29, 1.82) is 0 Å². The summed E-state index contributed by atoms with van der Waals surface area (Å²) in [6.07, 6.45) is 7.05. The van der Waals surface area contributed by atoms with Crippen LogP contribution in [0.15, 0.2) is 24.3 Å². The van der Waals surface area contributed by atoms with Crippen LogP contribution in [0.25, 0.3) is 0 Å². The molecule has 0 aromatic heterocycles. The van der Waals surface area contributed by atoms with Gasteiger partial charge in [-0.25, -0.2) is 0 Å². The van der Waals surface area contributed by atoms with Gasteiger partial charge in [0.05, 0.1) is 6.10 Å². The van der Waals surface area contributed by atoms with Crippen molar-refractivity contribution >= 4 is 0 Å². The highest BCUT2D eigenvalue weighted by Crippen LogP contribution is 2.36. The van der Waals surface area contributed by atoms with Gasteiger partial charge in [-0.15, -0.1) is 0 Å². The molecule has 0 spiro atoms. The summed E-state index contributed by atoms with van der Waals surface area (Å²) in [6, 6.07) is 11.3. The molecule has 1 atom stereocenters. The van der Waals surface area contributed by atoms with Crippen LogP contribution in [0.2, 0.25) is 0 Å². The predicted molar refractivity (Wildman–Crippen MR) is 61.6 cm³/mol. The zero-order chi connectivity index (χ0) is 10.5. The van der Waals surface area contributed by atoms with E-state index in [1.807, 2.05) is 19.2 Å². The van der Waals surface area contributed by atoms with Gasteiger partial charge in [0.25, 0.3) is 0 Å². The van der Waals surface area contributed by atoms with E-state index in [1.165, 1.54) is 37.7 Å². The van der Waals surface area contributed by atoms with Crippen molar-refractivity contribution in [3.63, 3.8) is 0 Å². The summed E-state index contributed by atoms with van der Waals surface area (Å²) >= 11 is 0. The van der Waals surface area contributed by atoms with E-state index in [9.17, 15) is 0 Å². The van der Waals surface area contributed by atoms with E-state index in [4.69, 9.17) is 4.74 Å². The van der Waals surface area contributed by atoms with E-state index in [2.05, 4.69) is 18.2 Å². The summed E-state index contributed by atoms with van der Waals surface area (Å²) in [7, 11) is 1.83. The first-order valence-electron chi connectivity index (χ1n) is 5.90. The maximum Gasteiger partial charge on any atom is 0.0849 e. The fourth-order valence-corrected chi connectivity index (χ4v) is 2.63. The highest BCUT2D eigenvalue weighted by Gasteiger charge is 2.24. The molecule has 1 aliphatic carbocycles. The number of benzene rings is 1. The third-order valence-corrected chi connectivity index (χ3v) is 3.40. The number of hydrogen-bond donors (Lipinski definition) is 0. The summed E-state index contributed by atoms with van der Waals surface area (Å²) in [5.41, 5.74) is 1.31. The number of methoxy groups -OCH3 is 1. The normalized spacial score (nSPS) is 20.1. The Morgan fingerprint density at radius 3 is 2.47 bits per heavy atom. The molecule has 1 aromatic carbocycles. The minimum Gasteiger partial charge on any atom is -0.376 e. The lowest BCUT2D eigenvalue weighted by molar-refractivity contribution is 0.0354. The number of rotatable bonds is 3. The molecule has 1 fully saturated rings. The molecule has 81 valence electrons. The third-order valence-electron chi connectivity index (χ3n) is 3.40. The summed E-state index contributed by atoms with van der Waals surface area (Å²) in [6.45, 7) is 0. The van der Waals surface area contributed by atoms with E-state index in [-0.39, 0.29) is 0 Å². The Balaban J connectivity index is 2.09. The molecule has 0 heterocycles. The van der Waals surface area contributed by atoms with Gasteiger partial charge >= 0.3 is 0 Å². The van der Waals surface area contributed by atoms with Gasteiger partial charge in [-0.05, 0) is 30.4 Å². The highest BCUT2D eigenvalue weighted by molar-refractivity contribution is 5.17. The lowest BCUT2D eigenvalue weighted by Crippen LogP contribution is -2.17. The van der Waals surface area contributed by atoms with Gasteiger partial charge in [0, 0.05) is 7.11 Å². The molecule has 1 nitrogen and oxygen atoms in total. The first kappa shape index (κ1) is 10.7. The maximum absolute atomic E-state index is 5.66. The molecule has 2 rings (SSSR count). The van der Waals surface area contributed by atoms with E-state index >= 15 is 0 Å². The van der Waals surface area contributed by atoms with Gasteiger partial charge in [0.2, 0.25) is 0 Å². The van der Waals surface area contributed by atoms with Crippen molar-refractivity contribution in [3.8, 4) is 0 Å². The van der Waals surface area contributed by atoms with Crippen molar-refractivity contribution in [2.45, 2.75) is 38.2 Å². The molecule has 1 aromatic rings. The first-order valence-corrected chi connectivity index (χ1v) is 5.90. The molecular weight excluding hydrogens is 184 g/mol. The largest absolute Gasteiger partial charge is 0.376 e. The Labute approximate surface area is 92.5 Å². The van der Waals surface area contributed by atoms with Crippen LogP contribution < -0.4 is 0 Å². The molecule has 1 heteroatoms. The average molecular weight is 203 g/mol. The van der Waals surface area contributed by atoms with E-state index in [0.29, 0.717) is 12.0 Å². The second kappa shape index (κ2) is 5.32. The van der Waals surface area contributed by atoms with Crippen molar-refractivity contribution in [2.24, 2.45) is 5.92 Å². The molecule has 1 aliphatic rings. The van der Waals surface area contributed by atoms with E-state index in [0.717, 1.165) is 0 Å². The number of hydrogen-bond acceptors (Lipinski definition) is 1. The quantitative estimate of drug-likeness (QED) is 0.727. The fourth-order valence-electron chi connectivity index (χ4n) is 2.63. The fraction of sp³-hybridized carbons (Fsp3) is 0.571. The SMILES string of the molecule is COC(c1cc[c]cc1)C1CCCCC1. The maximum atomic E-state index is 5.66. The van der Waals surface area contributed by atoms with E-state index in [1.54, 1.807) is 0 Å². The average Bonchev–Trinajstić information content (AvgIpc) is 2.33. The second-order valence-electron chi connectivity index (χ2n) is 4.39. The third kappa shape index (κ3) is 2.60. The van der Waals surface area contributed by atoms with Gasteiger partial charge in [-0.2, -0.15) is 0 Å². The zero-order valence-corrected chi connectivity index (χ0v) is 9.41. The second-order valence-corrected chi connectivity index (χ2v) is 4.39. The topological polar surface area (TPSA) is 9.23 Å². The Morgan fingerprint density at radius 1 is 1.20 bits per heavy atom. The van der Waals surface area contributed by atoms with Crippen LogP contribution in [0.4, 0.5) is 0 Å². The van der Waals surface area contributed by atoms with Crippen LogP contribution in [0.5, 0.6) is 0 Å². The number of ether oxygens (including phenoxy) is 1. The molecule has 1 saturated carbocycles. The lowest BCUT2D eigenvalue weighted by Gasteiger charge is -2.29. The standard InChI is InChI=1S/C14H19O/c1-15-14(12-8-4-2-5-9-12)13-10-6-3-7-11-13/h6-7,10-12,14H,2,4-5,8-9H2,1H3. The first-order chi connectivity index (χ1) is 7.42. The van der Waals surface area contributed by atoms with Crippen molar-refractivity contribution in [1.82, 2.24) is 0 Å². The van der Waals surface area contributed by atoms with Gasteiger partial charge in [-0.3, -0.25) is 0 Å². The van der Waals surface area contributed by atoms with Gasteiger partial charge in [-0.1, -0.05) is 43.5 Å². The van der Waals surface area contributed by atoms with Gasteiger partial charge in [0.15, 0.2) is 0 Å². The van der Waals surface area contributed by atoms with Crippen LogP contribution >= 0.6 is 0 Å². The van der Waals surface area contributed by atoms with Crippen LogP contribution in [0, 0.1) is 12.0 Å². The Morgan fingerprint density at radius 2 is 1.87 bits per heavy atom. The minimum absolute atomic E-state index is 0.292. The van der Waals surface area contributed by atoms with Crippen molar-refractivity contribution < 1.29 is 4.74 Å². The molecule has 0 aliphatic heterocycles. The summed E-state index contributed by atoms with van der Waals surface area (Å²) in [5, 5.41) is 0. The predicted octanol–water partition coefficient (Wildman–Crippen LogP) is 3.75. The smallest absolute Gasteiger partial charge is 0.0849 e. The molecule has 0 bridgehead atoms. The molecule has 1 unspecified atom stereocenters. The van der Waals surface area contributed by atoms with Crippen LogP contribution in [0.1, 0.15) is 43.8 Å². The highest BCUT2D eigenvalue weighted by atomic mass is 16.5. The molecule has 15 heavy (non-hydrogen) atoms. The zero-order valence-electron chi connectivity index (χ0n) is 9.41. The monoisotopic (exact) mass is 203 g/mol. The van der Waals surface area contributed by atoms with Gasteiger partial charge < -0.3 is 4.74 Å². The van der Waals surface area contributed by atoms with Crippen LogP contribution in [-0.2, 0) is 4.74 Å². The van der Waals surface area contributed by atoms with Crippen LogP contribution in [0.3, 0.4) is 0 Å². The Kier molecular flexibility index (Phi) is 3.79. The minimum atomic E-state index is 0.292. The summed E-state index contributed by atoms with van der Waals surface area (Å²) in [5.74, 6) is 0.714. The van der Waals surface area contributed by atoms with Crippen LogP contribution in [-0.4, -0.2) is 7.11 Å². The molecule has 0 saturated heterocycles. The molecule has 0 amide bonds. The summed E-state index contributed by atoms with van der Waals surface area (Å²) in [4.78, 5) is 0. The van der Waals surface area contributed by atoms with Crippen molar-refractivity contribution in [3.05, 3.63) is 35.9 Å².